The maximum absolute atomic E-state index is 5.89. The first-order valence-corrected chi connectivity index (χ1v) is 6.95. The first-order valence-electron chi connectivity index (χ1n) is 6.95. The minimum absolute atomic E-state index is 0.482. The Morgan fingerprint density at radius 2 is 2.10 bits per heavy atom. The highest BCUT2D eigenvalue weighted by Crippen LogP contribution is 2.38. The van der Waals surface area contributed by atoms with Gasteiger partial charge in [0, 0.05) is 12.1 Å². The van der Waals surface area contributed by atoms with Gasteiger partial charge in [0.05, 0.1) is 13.7 Å². The monoisotopic (exact) mass is 269 g/mol. The molecule has 2 aromatic rings. The third kappa shape index (κ3) is 2.25. The molecule has 3 nitrogen and oxygen atoms in total. The van der Waals surface area contributed by atoms with Crippen LogP contribution in [0.15, 0.2) is 36.4 Å². The summed E-state index contributed by atoms with van der Waals surface area (Å²) >= 11 is 0. The van der Waals surface area contributed by atoms with Gasteiger partial charge in [-0.3, -0.25) is 0 Å². The standard InChI is InChI=1S/C17H19NO2/c1-19-14-7-8-15(13(10-14)11-18)16-6-2-4-12-5-3-9-20-17(12)16/h2,4,6-8,10H,3,5,9,11,18H2,1H3. The highest BCUT2D eigenvalue weighted by Gasteiger charge is 2.17. The van der Waals surface area contributed by atoms with Gasteiger partial charge in [0.2, 0.25) is 0 Å². The fourth-order valence-electron chi connectivity index (χ4n) is 2.73. The largest absolute Gasteiger partial charge is 0.497 e. The first-order chi connectivity index (χ1) is 9.83. The van der Waals surface area contributed by atoms with Crippen molar-refractivity contribution in [3.05, 3.63) is 47.5 Å². The Balaban J connectivity index is 2.13. The number of ether oxygens (including phenoxy) is 2. The van der Waals surface area contributed by atoms with Crippen molar-refractivity contribution in [1.82, 2.24) is 0 Å². The van der Waals surface area contributed by atoms with Gasteiger partial charge >= 0.3 is 0 Å². The van der Waals surface area contributed by atoms with Crippen LogP contribution in [0.5, 0.6) is 11.5 Å². The van der Waals surface area contributed by atoms with E-state index in [-0.39, 0.29) is 0 Å². The lowest BCUT2D eigenvalue weighted by Gasteiger charge is -2.21. The van der Waals surface area contributed by atoms with Crippen LogP contribution in [0.25, 0.3) is 11.1 Å². The molecule has 104 valence electrons. The first kappa shape index (κ1) is 13.0. The van der Waals surface area contributed by atoms with E-state index < -0.39 is 0 Å². The quantitative estimate of drug-likeness (QED) is 0.931. The van der Waals surface area contributed by atoms with E-state index in [1.165, 1.54) is 5.56 Å². The van der Waals surface area contributed by atoms with Crippen LogP contribution in [0, 0.1) is 0 Å². The molecule has 1 aliphatic rings. The Morgan fingerprint density at radius 1 is 1.20 bits per heavy atom. The van der Waals surface area contributed by atoms with E-state index in [0.717, 1.165) is 47.6 Å². The molecule has 0 atom stereocenters. The number of nitrogens with two attached hydrogens (primary N) is 1. The van der Waals surface area contributed by atoms with Crippen molar-refractivity contribution in [2.75, 3.05) is 13.7 Å². The predicted molar refractivity (Wildman–Crippen MR) is 80.1 cm³/mol. The van der Waals surface area contributed by atoms with E-state index in [0.29, 0.717) is 6.54 Å². The molecule has 20 heavy (non-hydrogen) atoms. The van der Waals surface area contributed by atoms with Crippen LogP contribution in [-0.4, -0.2) is 13.7 Å². The molecule has 0 saturated heterocycles. The summed E-state index contributed by atoms with van der Waals surface area (Å²) in [5, 5.41) is 0. The van der Waals surface area contributed by atoms with Crippen LogP contribution < -0.4 is 15.2 Å². The zero-order valence-electron chi connectivity index (χ0n) is 11.7. The number of hydrogen-bond donors (Lipinski definition) is 1. The van der Waals surface area contributed by atoms with Crippen LogP contribution in [0.3, 0.4) is 0 Å². The normalized spacial score (nSPS) is 13.5. The van der Waals surface area contributed by atoms with Crippen molar-refractivity contribution in [3.63, 3.8) is 0 Å². The molecule has 0 saturated carbocycles. The molecule has 0 bridgehead atoms. The number of aryl methyl sites for hydroxylation is 1. The van der Waals surface area contributed by atoms with Gasteiger partial charge < -0.3 is 15.2 Å². The average molecular weight is 269 g/mol. The number of benzene rings is 2. The average Bonchev–Trinajstić information content (AvgIpc) is 2.53. The molecule has 2 aromatic carbocycles. The molecular weight excluding hydrogens is 250 g/mol. The second-order valence-electron chi connectivity index (χ2n) is 4.97. The van der Waals surface area contributed by atoms with Gasteiger partial charge in [-0.1, -0.05) is 24.3 Å². The summed E-state index contributed by atoms with van der Waals surface area (Å²) in [5.74, 6) is 1.85. The van der Waals surface area contributed by atoms with Crippen LogP contribution in [0.1, 0.15) is 17.5 Å². The second kappa shape index (κ2) is 5.55. The summed E-state index contributed by atoms with van der Waals surface area (Å²) < 4.78 is 11.2. The Bertz CT molecular complexity index is 622. The highest BCUT2D eigenvalue weighted by molar-refractivity contribution is 5.75. The van der Waals surface area contributed by atoms with E-state index >= 15 is 0 Å². The van der Waals surface area contributed by atoms with Gasteiger partial charge in [-0.15, -0.1) is 0 Å². The maximum atomic E-state index is 5.89. The molecule has 1 heterocycles. The van der Waals surface area contributed by atoms with E-state index in [1.54, 1.807) is 7.11 Å². The topological polar surface area (TPSA) is 44.5 Å². The lowest BCUT2D eigenvalue weighted by Crippen LogP contribution is -2.10. The third-order valence-electron chi connectivity index (χ3n) is 3.76. The molecule has 3 heteroatoms. The van der Waals surface area contributed by atoms with Gasteiger partial charge in [0.1, 0.15) is 11.5 Å². The molecule has 0 spiro atoms. The minimum Gasteiger partial charge on any atom is -0.497 e. The molecular formula is C17H19NO2. The highest BCUT2D eigenvalue weighted by atomic mass is 16.5. The van der Waals surface area contributed by atoms with Crippen molar-refractivity contribution in [2.45, 2.75) is 19.4 Å². The van der Waals surface area contributed by atoms with Crippen LogP contribution in [-0.2, 0) is 13.0 Å². The fraction of sp³-hybridized carbons (Fsp3) is 0.294. The molecule has 3 rings (SSSR count). The van der Waals surface area contributed by atoms with Gasteiger partial charge in [0.25, 0.3) is 0 Å². The zero-order valence-corrected chi connectivity index (χ0v) is 11.7. The number of rotatable bonds is 3. The smallest absolute Gasteiger partial charge is 0.130 e. The van der Waals surface area contributed by atoms with Crippen molar-refractivity contribution >= 4 is 0 Å². The van der Waals surface area contributed by atoms with E-state index in [9.17, 15) is 0 Å². The van der Waals surface area contributed by atoms with Gasteiger partial charge in [-0.25, -0.2) is 0 Å². The lowest BCUT2D eigenvalue weighted by atomic mass is 9.94. The van der Waals surface area contributed by atoms with Crippen molar-refractivity contribution in [1.29, 1.82) is 0 Å². The molecule has 0 fully saturated rings. The van der Waals surface area contributed by atoms with Gasteiger partial charge in [-0.2, -0.15) is 0 Å². The van der Waals surface area contributed by atoms with Gasteiger partial charge in [0.15, 0.2) is 0 Å². The fourth-order valence-corrected chi connectivity index (χ4v) is 2.73. The summed E-state index contributed by atoms with van der Waals surface area (Å²) in [7, 11) is 1.67. The number of methoxy groups -OCH3 is 1. The zero-order chi connectivity index (χ0) is 13.9. The SMILES string of the molecule is COc1ccc(-c2cccc3c2OCCC3)c(CN)c1. The summed E-state index contributed by atoms with van der Waals surface area (Å²) in [6.45, 7) is 1.27. The molecule has 0 radical (unpaired) electrons. The molecule has 0 unspecified atom stereocenters. The summed E-state index contributed by atoms with van der Waals surface area (Å²) in [6, 6.07) is 12.4. The molecule has 0 aliphatic carbocycles. The summed E-state index contributed by atoms with van der Waals surface area (Å²) in [6.07, 6.45) is 2.17. The third-order valence-corrected chi connectivity index (χ3v) is 3.76. The summed E-state index contributed by atoms with van der Waals surface area (Å²) in [5.41, 5.74) is 10.5. The Morgan fingerprint density at radius 3 is 2.90 bits per heavy atom. The van der Waals surface area contributed by atoms with Crippen molar-refractivity contribution in [2.24, 2.45) is 5.73 Å². The van der Waals surface area contributed by atoms with Crippen molar-refractivity contribution < 1.29 is 9.47 Å². The predicted octanol–water partition coefficient (Wildman–Crippen LogP) is 3.15. The lowest BCUT2D eigenvalue weighted by molar-refractivity contribution is 0.289. The number of para-hydroxylation sites is 1. The number of fused-ring (bicyclic) bond motifs is 1. The molecule has 0 amide bonds. The molecule has 2 N–H and O–H groups in total. The van der Waals surface area contributed by atoms with Crippen molar-refractivity contribution in [3.8, 4) is 22.6 Å². The molecule has 1 aliphatic heterocycles. The Labute approximate surface area is 119 Å². The minimum atomic E-state index is 0.482. The Kier molecular flexibility index (Phi) is 3.61. The second-order valence-corrected chi connectivity index (χ2v) is 4.97. The van der Waals surface area contributed by atoms with Crippen LogP contribution in [0.4, 0.5) is 0 Å². The van der Waals surface area contributed by atoms with Gasteiger partial charge in [-0.05, 0) is 41.7 Å². The Hall–Kier alpha value is -2.00. The number of hydrogen-bond acceptors (Lipinski definition) is 3. The van der Waals surface area contributed by atoms with E-state index in [1.807, 2.05) is 12.1 Å². The molecule has 0 aromatic heterocycles. The van der Waals surface area contributed by atoms with E-state index in [2.05, 4.69) is 24.3 Å². The van der Waals surface area contributed by atoms with E-state index in [4.69, 9.17) is 15.2 Å². The maximum Gasteiger partial charge on any atom is 0.130 e. The van der Waals surface area contributed by atoms with Crippen LogP contribution in [0.2, 0.25) is 0 Å². The summed E-state index contributed by atoms with van der Waals surface area (Å²) in [4.78, 5) is 0. The van der Waals surface area contributed by atoms with Crippen LogP contribution >= 0.6 is 0 Å².